The number of hydrogen-bond donors (Lipinski definition) is 1. The summed E-state index contributed by atoms with van der Waals surface area (Å²) in [5.74, 6) is 3.68. The molecule has 0 aromatic carbocycles. The van der Waals surface area contributed by atoms with Crippen molar-refractivity contribution in [2.75, 3.05) is 32.8 Å². The van der Waals surface area contributed by atoms with Crippen LogP contribution in [0.1, 0.15) is 37.7 Å². The molecule has 1 aliphatic heterocycles. The van der Waals surface area contributed by atoms with Crippen molar-refractivity contribution in [1.82, 2.24) is 10.2 Å². The molecule has 3 unspecified atom stereocenters. The van der Waals surface area contributed by atoms with Crippen LogP contribution >= 0.6 is 0 Å². The molecule has 1 N–H and O–H groups in total. The predicted molar refractivity (Wildman–Crippen MR) is 78.8 cm³/mol. The van der Waals surface area contributed by atoms with Crippen LogP contribution in [0.25, 0.3) is 0 Å². The summed E-state index contributed by atoms with van der Waals surface area (Å²) in [5.41, 5.74) is 0. The first-order chi connectivity index (χ1) is 9.76. The van der Waals surface area contributed by atoms with Crippen LogP contribution in [0.4, 0.5) is 0 Å². The van der Waals surface area contributed by atoms with Gasteiger partial charge in [0.25, 0.3) is 0 Å². The van der Waals surface area contributed by atoms with Crippen LogP contribution in [-0.4, -0.2) is 43.8 Å². The van der Waals surface area contributed by atoms with Crippen LogP contribution in [0, 0.1) is 5.92 Å². The first kappa shape index (κ1) is 14.1. The zero-order valence-corrected chi connectivity index (χ0v) is 12.6. The van der Waals surface area contributed by atoms with Crippen molar-refractivity contribution in [3.8, 4) is 0 Å². The molecule has 1 aromatic rings. The summed E-state index contributed by atoms with van der Waals surface area (Å²) in [6.45, 7) is 10.2. The van der Waals surface area contributed by atoms with Gasteiger partial charge in [0.05, 0.1) is 19.3 Å². The number of nitrogens with one attached hydrogen (secondary N) is 1. The Bertz CT molecular complexity index is 432. The maximum absolute atomic E-state index is 5.90. The third-order valence-electron chi connectivity index (χ3n) is 4.50. The summed E-state index contributed by atoms with van der Waals surface area (Å²) in [4.78, 5) is 2.44. The third kappa shape index (κ3) is 3.43. The molecule has 3 atom stereocenters. The zero-order valence-electron chi connectivity index (χ0n) is 12.6. The molecule has 1 saturated carbocycles. The maximum Gasteiger partial charge on any atom is 0.117 e. The van der Waals surface area contributed by atoms with Crippen molar-refractivity contribution in [2.45, 2.75) is 38.8 Å². The van der Waals surface area contributed by atoms with E-state index in [1.54, 1.807) is 0 Å². The molecule has 0 amide bonds. The molecular formula is C16H26N2O2. The molecule has 2 fully saturated rings. The Hall–Kier alpha value is -0.840. The molecule has 20 heavy (non-hydrogen) atoms. The number of nitrogens with zero attached hydrogens (tertiary/aromatic N) is 1. The van der Waals surface area contributed by atoms with Gasteiger partial charge >= 0.3 is 0 Å². The van der Waals surface area contributed by atoms with Gasteiger partial charge in [0.2, 0.25) is 0 Å². The van der Waals surface area contributed by atoms with E-state index in [1.165, 1.54) is 12.2 Å². The van der Waals surface area contributed by atoms with Crippen molar-refractivity contribution >= 4 is 0 Å². The van der Waals surface area contributed by atoms with Gasteiger partial charge in [-0.15, -0.1) is 0 Å². The topological polar surface area (TPSA) is 37.6 Å². The fourth-order valence-electron chi connectivity index (χ4n) is 2.95. The zero-order chi connectivity index (χ0) is 13.9. The smallest absolute Gasteiger partial charge is 0.117 e. The Kier molecular flexibility index (Phi) is 4.44. The highest BCUT2D eigenvalue weighted by Gasteiger charge is 2.36. The minimum atomic E-state index is 0.307. The lowest BCUT2D eigenvalue weighted by Gasteiger charge is -2.32. The van der Waals surface area contributed by atoms with E-state index in [9.17, 15) is 0 Å². The normalized spacial score (nSPS) is 30.6. The molecule has 1 aliphatic carbocycles. The predicted octanol–water partition coefficient (Wildman–Crippen LogP) is 2.21. The van der Waals surface area contributed by atoms with Crippen LogP contribution in [0.3, 0.4) is 0 Å². The van der Waals surface area contributed by atoms with Gasteiger partial charge in [0.15, 0.2) is 0 Å². The molecule has 0 radical (unpaired) electrons. The Morgan fingerprint density at radius 3 is 3.00 bits per heavy atom. The summed E-state index contributed by atoms with van der Waals surface area (Å²) >= 11 is 0. The van der Waals surface area contributed by atoms with E-state index in [0.717, 1.165) is 51.0 Å². The van der Waals surface area contributed by atoms with E-state index in [0.29, 0.717) is 12.0 Å². The Balaban J connectivity index is 1.40. The first-order valence-electron chi connectivity index (χ1n) is 7.89. The maximum atomic E-state index is 5.90. The van der Waals surface area contributed by atoms with Crippen LogP contribution in [0.5, 0.6) is 0 Å². The standard InChI is InChI=1S/C16H26N2O2/c1-3-18-6-7-19-14(11-18)10-17-9-13-4-5-16(20-13)15-8-12(15)2/h4-5,12,14-15,17H,3,6-11H2,1-2H3. The molecule has 2 aliphatic rings. The van der Waals surface area contributed by atoms with E-state index >= 15 is 0 Å². The largest absolute Gasteiger partial charge is 0.464 e. The van der Waals surface area contributed by atoms with Gasteiger partial charge in [0, 0.05) is 25.6 Å². The quantitative estimate of drug-likeness (QED) is 0.866. The van der Waals surface area contributed by atoms with Crippen LogP contribution in [0.15, 0.2) is 16.5 Å². The summed E-state index contributed by atoms with van der Waals surface area (Å²) in [6.07, 6.45) is 1.59. The number of ether oxygens (including phenoxy) is 1. The van der Waals surface area contributed by atoms with Gasteiger partial charge in [-0.3, -0.25) is 4.90 Å². The number of hydrogen-bond acceptors (Lipinski definition) is 4. The minimum Gasteiger partial charge on any atom is -0.464 e. The van der Waals surface area contributed by atoms with Crippen molar-refractivity contribution in [1.29, 1.82) is 0 Å². The van der Waals surface area contributed by atoms with Crippen molar-refractivity contribution in [3.05, 3.63) is 23.7 Å². The fraction of sp³-hybridized carbons (Fsp3) is 0.750. The Morgan fingerprint density at radius 1 is 1.40 bits per heavy atom. The molecule has 0 bridgehead atoms. The van der Waals surface area contributed by atoms with Gasteiger partial charge in [0.1, 0.15) is 11.5 Å². The molecule has 112 valence electrons. The molecule has 3 rings (SSSR count). The number of furan rings is 1. The van der Waals surface area contributed by atoms with E-state index in [2.05, 4.69) is 36.2 Å². The fourth-order valence-corrected chi connectivity index (χ4v) is 2.95. The summed E-state index contributed by atoms with van der Waals surface area (Å²) in [7, 11) is 0. The molecule has 4 heteroatoms. The van der Waals surface area contributed by atoms with E-state index in [1.807, 2.05) is 0 Å². The van der Waals surface area contributed by atoms with Gasteiger partial charge in [-0.05, 0) is 31.0 Å². The second-order valence-electron chi connectivity index (χ2n) is 6.14. The van der Waals surface area contributed by atoms with Crippen molar-refractivity contribution in [2.24, 2.45) is 5.92 Å². The molecule has 1 saturated heterocycles. The Labute approximate surface area is 121 Å². The Morgan fingerprint density at radius 2 is 2.25 bits per heavy atom. The molecule has 4 nitrogen and oxygen atoms in total. The molecule has 2 heterocycles. The lowest BCUT2D eigenvalue weighted by molar-refractivity contribution is -0.0255. The van der Waals surface area contributed by atoms with Gasteiger partial charge in [-0.1, -0.05) is 13.8 Å². The average molecular weight is 278 g/mol. The monoisotopic (exact) mass is 278 g/mol. The second-order valence-corrected chi connectivity index (χ2v) is 6.14. The van der Waals surface area contributed by atoms with Gasteiger partial charge in [-0.25, -0.2) is 0 Å². The van der Waals surface area contributed by atoms with Crippen molar-refractivity contribution in [3.63, 3.8) is 0 Å². The van der Waals surface area contributed by atoms with Gasteiger partial charge in [-0.2, -0.15) is 0 Å². The molecule has 1 aromatic heterocycles. The van der Waals surface area contributed by atoms with E-state index in [-0.39, 0.29) is 0 Å². The van der Waals surface area contributed by atoms with E-state index < -0.39 is 0 Å². The number of likely N-dealkylation sites (N-methyl/N-ethyl adjacent to an activating group) is 1. The van der Waals surface area contributed by atoms with Crippen molar-refractivity contribution < 1.29 is 9.15 Å². The molecule has 0 spiro atoms. The van der Waals surface area contributed by atoms with E-state index in [4.69, 9.17) is 9.15 Å². The summed E-state index contributed by atoms with van der Waals surface area (Å²) in [6, 6.07) is 4.24. The number of morpholine rings is 1. The highest BCUT2D eigenvalue weighted by molar-refractivity contribution is 5.17. The van der Waals surface area contributed by atoms with Crippen LogP contribution in [0.2, 0.25) is 0 Å². The van der Waals surface area contributed by atoms with Crippen LogP contribution < -0.4 is 5.32 Å². The number of rotatable bonds is 6. The second kappa shape index (κ2) is 6.29. The SMILES string of the molecule is CCN1CCOC(CNCc2ccc(C3CC3C)o2)C1. The first-order valence-corrected chi connectivity index (χ1v) is 7.89. The molecular weight excluding hydrogens is 252 g/mol. The lowest BCUT2D eigenvalue weighted by Crippen LogP contribution is -2.46. The minimum absolute atomic E-state index is 0.307. The highest BCUT2D eigenvalue weighted by Crippen LogP contribution is 2.47. The lowest BCUT2D eigenvalue weighted by atomic mass is 10.2. The summed E-state index contributed by atoms with van der Waals surface area (Å²) in [5, 5.41) is 3.45. The summed E-state index contributed by atoms with van der Waals surface area (Å²) < 4.78 is 11.7. The van der Waals surface area contributed by atoms with Gasteiger partial charge < -0.3 is 14.5 Å². The highest BCUT2D eigenvalue weighted by atomic mass is 16.5. The van der Waals surface area contributed by atoms with Crippen LogP contribution in [-0.2, 0) is 11.3 Å². The third-order valence-corrected chi connectivity index (χ3v) is 4.50. The average Bonchev–Trinajstić information content (AvgIpc) is 3.01.